The molecule has 0 saturated heterocycles. The molecule has 0 spiro atoms. The maximum atomic E-state index is 12.1. The van der Waals surface area contributed by atoms with Crippen molar-refractivity contribution in [1.29, 1.82) is 0 Å². The number of nitrogens with two attached hydrogens (primary N) is 1. The van der Waals surface area contributed by atoms with Gasteiger partial charge in [-0.25, -0.2) is 8.42 Å². The molecule has 3 N–H and O–H groups in total. The minimum atomic E-state index is -3.58. The predicted molar refractivity (Wildman–Crippen MR) is 64.4 cm³/mol. The molecule has 1 heterocycles. The molecule has 0 aromatic carbocycles. The first-order valence-electron chi connectivity index (χ1n) is 4.64. The molecule has 1 aromatic rings. The second-order valence-electron chi connectivity index (χ2n) is 3.54. The maximum Gasteiger partial charge on any atom is 0.246 e. The Morgan fingerprint density at radius 1 is 1.69 bits per heavy atom. The van der Waals surface area contributed by atoms with Gasteiger partial charge in [-0.05, 0) is 13.8 Å². The fraction of sp³-hybridized carbons (Fsp3) is 0.500. The van der Waals surface area contributed by atoms with Crippen molar-refractivity contribution in [3.05, 3.63) is 12.4 Å². The van der Waals surface area contributed by atoms with E-state index in [1.54, 1.807) is 13.8 Å². The molecule has 16 heavy (non-hydrogen) atoms. The molecule has 0 unspecified atom stereocenters. The van der Waals surface area contributed by atoms with Gasteiger partial charge in [-0.15, -0.1) is 0 Å². The fourth-order valence-electron chi connectivity index (χ4n) is 1.21. The summed E-state index contributed by atoms with van der Waals surface area (Å²) in [6.07, 6.45) is 2.58. The quantitative estimate of drug-likeness (QED) is 0.734. The first-order valence-corrected chi connectivity index (χ1v) is 6.49. The average molecular weight is 262 g/mol. The van der Waals surface area contributed by atoms with Gasteiger partial charge < -0.3 is 5.73 Å². The molecule has 0 fully saturated rings. The average Bonchev–Trinajstić information content (AvgIpc) is 2.66. The summed E-state index contributed by atoms with van der Waals surface area (Å²) in [6.45, 7) is 3.55. The number of hydrogen-bond donors (Lipinski definition) is 2. The molecular formula is C8H14N4O2S2. The maximum absolute atomic E-state index is 12.1. The van der Waals surface area contributed by atoms with Crippen LogP contribution in [0.4, 0.5) is 0 Å². The van der Waals surface area contributed by atoms with Crippen LogP contribution in [-0.4, -0.2) is 40.5 Å². The zero-order chi connectivity index (χ0) is 12.3. The van der Waals surface area contributed by atoms with Crippen LogP contribution in [0.15, 0.2) is 17.3 Å². The zero-order valence-electron chi connectivity index (χ0n) is 9.04. The van der Waals surface area contributed by atoms with Crippen LogP contribution < -0.4 is 5.73 Å². The number of aromatic amines is 1. The fourth-order valence-corrected chi connectivity index (χ4v) is 2.96. The summed E-state index contributed by atoms with van der Waals surface area (Å²) >= 11 is 4.74. The number of sulfonamides is 1. The first kappa shape index (κ1) is 13.1. The van der Waals surface area contributed by atoms with Crippen molar-refractivity contribution in [3.63, 3.8) is 0 Å². The molecule has 90 valence electrons. The largest absolute Gasteiger partial charge is 0.392 e. The lowest BCUT2D eigenvalue weighted by molar-refractivity contribution is 0.391. The van der Waals surface area contributed by atoms with Gasteiger partial charge >= 0.3 is 0 Å². The van der Waals surface area contributed by atoms with E-state index in [4.69, 9.17) is 18.0 Å². The summed E-state index contributed by atoms with van der Waals surface area (Å²) in [4.78, 5) is 0.248. The van der Waals surface area contributed by atoms with Gasteiger partial charge in [0.2, 0.25) is 10.0 Å². The second-order valence-corrected chi connectivity index (χ2v) is 5.96. The van der Waals surface area contributed by atoms with Crippen molar-refractivity contribution in [1.82, 2.24) is 14.5 Å². The van der Waals surface area contributed by atoms with E-state index in [0.717, 1.165) is 0 Å². The Kier molecular flexibility index (Phi) is 4.00. The number of nitrogens with one attached hydrogen (secondary N) is 1. The lowest BCUT2D eigenvalue weighted by atomic mass is 10.4. The molecule has 0 aliphatic rings. The third kappa shape index (κ3) is 2.77. The second kappa shape index (κ2) is 4.89. The molecule has 1 rings (SSSR count). The molecule has 0 aliphatic heterocycles. The first-order chi connectivity index (χ1) is 7.35. The minimum absolute atomic E-state index is 0.0283. The summed E-state index contributed by atoms with van der Waals surface area (Å²) in [5.74, 6) is 0. The zero-order valence-corrected chi connectivity index (χ0v) is 10.7. The van der Waals surface area contributed by atoms with Gasteiger partial charge in [-0.1, -0.05) is 12.2 Å². The highest BCUT2D eigenvalue weighted by molar-refractivity contribution is 7.89. The van der Waals surface area contributed by atoms with Crippen molar-refractivity contribution < 1.29 is 8.42 Å². The van der Waals surface area contributed by atoms with Crippen LogP contribution in [0.1, 0.15) is 13.8 Å². The van der Waals surface area contributed by atoms with Crippen LogP contribution in [0.25, 0.3) is 0 Å². The van der Waals surface area contributed by atoms with Crippen LogP contribution in [-0.2, 0) is 10.0 Å². The highest BCUT2D eigenvalue weighted by Crippen LogP contribution is 2.16. The summed E-state index contributed by atoms with van der Waals surface area (Å²) in [5, 5.41) is 6.08. The number of H-pyrrole nitrogens is 1. The third-order valence-electron chi connectivity index (χ3n) is 1.97. The molecular weight excluding hydrogens is 248 g/mol. The molecule has 0 atom stereocenters. The summed E-state index contributed by atoms with van der Waals surface area (Å²) in [6, 6.07) is -0.221. The van der Waals surface area contributed by atoms with Crippen molar-refractivity contribution in [3.8, 4) is 0 Å². The van der Waals surface area contributed by atoms with E-state index < -0.39 is 10.0 Å². The molecule has 0 radical (unpaired) electrons. The van der Waals surface area contributed by atoms with E-state index in [0.29, 0.717) is 0 Å². The number of hydrogen-bond acceptors (Lipinski definition) is 4. The molecule has 0 saturated carbocycles. The molecule has 0 aliphatic carbocycles. The molecule has 8 heteroatoms. The van der Waals surface area contributed by atoms with Crippen LogP contribution in [0, 0.1) is 0 Å². The highest BCUT2D eigenvalue weighted by Gasteiger charge is 2.28. The number of aromatic nitrogens is 2. The Morgan fingerprint density at radius 2 is 2.31 bits per heavy atom. The van der Waals surface area contributed by atoms with E-state index in [1.165, 1.54) is 16.7 Å². The molecule has 0 amide bonds. The lowest BCUT2D eigenvalue weighted by Gasteiger charge is -2.24. The third-order valence-corrected chi connectivity index (χ3v) is 4.08. The number of rotatable bonds is 5. The Labute approximate surface area is 99.9 Å². The van der Waals surface area contributed by atoms with Crippen molar-refractivity contribution in [2.24, 2.45) is 5.73 Å². The Bertz CT molecular complexity index is 452. The summed E-state index contributed by atoms with van der Waals surface area (Å²) < 4.78 is 25.5. The Balaban J connectivity index is 3.08. The van der Waals surface area contributed by atoms with Crippen LogP contribution >= 0.6 is 12.2 Å². The van der Waals surface area contributed by atoms with Crippen molar-refractivity contribution >= 4 is 27.2 Å². The summed E-state index contributed by atoms with van der Waals surface area (Å²) in [5.41, 5.74) is 5.38. The van der Waals surface area contributed by atoms with Crippen LogP contribution in [0.2, 0.25) is 0 Å². The van der Waals surface area contributed by atoms with Gasteiger partial charge in [-0.3, -0.25) is 5.10 Å². The van der Waals surface area contributed by atoms with Gasteiger partial charge in [0.05, 0.1) is 17.7 Å². The normalized spacial score (nSPS) is 12.2. The highest BCUT2D eigenvalue weighted by atomic mass is 32.2. The van der Waals surface area contributed by atoms with E-state index >= 15 is 0 Å². The summed E-state index contributed by atoms with van der Waals surface area (Å²) in [7, 11) is -3.58. The van der Waals surface area contributed by atoms with Crippen LogP contribution in [0.3, 0.4) is 0 Å². The van der Waals surface area contributed by atoms with Gasteiger partial charge in [-0.2, -0.15) is 9.40 Å². The van der Waals surface area contributed by atoms with Gasteiger partial charge in [0, 0.05) is 12.2 Å². The number of nitrogens with zero attached hydrogens (tertiary/aromatic N) is 2. The predicted octanol–water partition coefficient (Wildman–Crippen LogP) is 0.0949. The SMILES string of the molecule is CC(C)N(CC(N)=S)S(=O)(=O)c1cn[nH]c1. The Morgan fingerprint density at radius 3 is 2.69 bits per heavy atom. The van der Waals surface area contributed by atoms with E-state index in [2.05, 4.69) is 10.2 Å². The monoisotopic (exact) mass is 262 g/mol. The molecule has 1 aromatic heterocycles. The van der Waals surface area contributed by atoms with E-state index in [-0.39, 0.29) is 22.5 Å². The van der Waals surface area contributed by atoms with Gasteiger partial charge in [0.25, 0.3) is 0 Å². The Hall–Kier alpha value is -0.990. The molecule has 6 nitrogen and oxygen atoms in total. The topological polar surface area (TPSA) is 92.1 Å². The standard InChI is InChI=1S/C8H14N4O2S2/c1-6(2)12(5-8(9)15)16(13,14)7-3-10-11-4-7/h3-4,6H,5H2,1-2H3,(H2,9,15)(H,10,11). The van der Waals surface area contributed by atoms with Gasteiger partial charge in [0.15, 0.2) is 0 Å². The van der Waals surface area contributed by atoms with E-state index in [1.807, 2.05) is 0 Å². The van der Waals surface area contributed by atoms with Crippen molar-refractivity contribution in [2.75, 3.05) is 6.54 Å². The smallest absolute Gasteiger partial charge is 0.246 e. The van der Waals surface area contributed by atoms with Crippen LogP contribution in [0.5, 0.6) is 0 Å². The van der Waals surface area contributed by atoms with Gasteiger partial charge in [0.1, 0.15) is 4.90 Å². The lowest BCUT2D eigenvalue weighted by Crippen LogP contribution is -2.41. The number of thiocarbonyl (C=S) groups is 1. The van der Waals surface area contributed by atoms with Crippen molar-refractivity contribution in [2.45, 2.75) is 24.8 Å². The molecule has 0 bridgehead atoms. The minimum Gasteiger partial charge on any atom is -0.392 e. The van der Waals surface area contributed by atoms with E-state index in [9.17, 15) is 8.42 Å².